The van der Waals surface area contributed by atoms with Crippen molar-refractivity contribution in [2.75, 3.05) is 13.7 Å². The first-order chi connectivity index (χ1) is 9.20. The minimum absolute atomic E-state index is 0.247. The van der Waals surface area contributed by atoms with E-state index in [1.54, 1.807) is 6.26 Å². The number of fused-ring (bicyclic) bond motifs is 1. The molecule has 0 unspecified atom stereocenters. The third-order valence-electron chi connectivity index (χ3n) is 2.81. The summed E-state index contributed by atoms with van der Waals surface area (Å²) in [5, 5.41) is 3.72. The molecule has 5 heteroatoms. The SMILES string of the molecule is COC(=O)CC(=O)NCCc1coc2ccccc12. The smallest absolute Gasteiger partial charge is 0.315 e. The van der Waals surface area contributed by atoms with E-state index in [2.05, 4.69) is 10.1 Å². The second-order valence-corrected chi connectivity index (χ2v) is 4.11. The van der Waals surface area contributed by atoms with Crippen LogP contribution in [-0.4, -0.2) is 25.5 Å². The molecule has 0 aliphatic heterocycles. The van der Waals surface area contributed by atoms with Crippen molar-refractivity contribution in [3.63, 3.8) is 0 Å². The van der Waals surface area contributed by atoms with Crippen molar-refractivity contribution in [2.24, 2.45) is 0 Å². The van der Waals surface area contributed by atoms with E-state index in [0.29, 0.717) is 13.0 Å². The van der Waals surface area contributed by atoms with E-state index in [-0.39, 0.29) is 12.3 Å². The van der Waals surface area contributed by atoms with Crippen LogP contribution in [-0.2, 0) is 20.7 Å². The summed E-state index contributed by atoms with van der Waals surface area (Å²) in [5.74, 6) is -0.870. The number of furan rings is 1. The molecule has 1 aromatic carbocycles. The molecule has 1 heterocycles. The Kier molecular flexibility index (Phi) is 4.18. The van der Waals surface area contributed by atoms with Crippen molar-refractivity contribution in [3.05, 3.63) is 36.1 Å². The molecule has 0 fully saturated rings. The van der Waals surface area contributed by atoms with E-state index in [4.69, 9.17) is 4.42 Å². The van der Waals surface area contributed by atoms with Gasteiger partial charge in [0, 0.05) is 11.9 Å². The number of carbonyl (C=O) groups is 2. The van der Waals surface area contributed by atoms with Gasteiger partial charge in [0.2, 0.25) is 5.91 Å². The Hall–Kier alpha value is -2.30. The molecule has 0 spiro atoms. The van der Waals surface area contributed by atoms with Crippen molar-refractivity contribution >= 4 is 22.8 Å². The number of hydrogen-bond donors (Lipinski definition) is 1. The van der Waals surface area contributed by atoms with Crippen LogP contribution >= 0.6 is 0 Å². The summed E-state index contributed by atoms with van der Waals surface area (Å²) in [5.41, 5.74) is 1.87. The molecule has 0 aliphatic carbocycles. The van der Waals surface area contributed by atoms with Gasteiger partial charge in [0.1, 0.15) is 12.0 Å². The third-order valence-corrected chi connectivity index (χ3v) is 2.81. The Labute approximate surface area is 110 Å². The van der Waals surface area contributed by atoms with Gasteiger partial charge in [0.15, 0.2) is 0 Å². The summed E-state index contributed by atoms with van der Waals surface area (Å²) in [6.45, 7) is 0.458. The molecule has 2 aromatic rings. The van der Waals surface area contributed by atoms with Gasteiger partial charge in [-0.1, -0.05) is 18.2 Å². The fourth-order valence-electron chi connectivity index (χ4n) is 1.83. The summed E-state index contributed by atoms with van der Waals surface area (Å²) in [4.78, 5) is 22.3. The highest BCUT2D eigenvalue weighted by Crippen LogP contribution is 2.20. The van der Waals surface area contributed by atoms with Gasteiger partial charge in [-0.25, -0.2) is 0 Å². The lowest BCUT2D eigenvalue weighted by atomic mass is 10.1. The van der Waals surface area contributed by atoms with Gasteiger partial charge in [-0.15, -0.1) is 0 Å². The van der Waals surface area contributed by atoms with E-state index >= 15 is 0 Å². The molecule has 100 valence electrons. The second-order valence-electron chi connectivity index (χ2n) is 4.11. The molecule has 0 atom stereocenters. The number of amides is 1. The van der Waals surface area contributed by atoms with E-state index in [9.17, 15) is 9.59 Å². The van der Waals surface area contributed by atoms with Gasteiger partial charge in [-0.2, -0.15) is 0 Å². The van der Waals surface area contributed by atoms with Crippen LogP contribution in [0.15, 0.2) is 34.9 Å². The first kappa shape index (κ1) is 13.1. The Bertz CT molecular complexity index is 588. The lowest BCUT2D eigenvalue weighted by Crippen LogP contribution is -2.28. The zero-order valence-electron chi connectivity index (χ0n) is 10.6. The normalized spacial score (nSPS) is 10.4. The van der Waals surface area contributed by atoms with Crippen LogP contribution < -0.4 is 5.32 Å². The number of esters is 1. The van der Waals surface area contributed by atoms with Crippen molar-refractivity contribution in [1.29, 1.82) is 0 Å². The van der Waals surface area contributed by atoms with Crippen LogP contribution in [0.25, 0.3) is 11.0 Å². The maximum atomic E-state index is 11.4. The molecule has 0 saturated heterocycles. The maximum Gasteiger partial charge on any atom is 0.315 e. The highest BCUT2D eigenvalue weighted by Gasteiger charge is 2.09. The predicted octanol–water partition coefficient (Wildman–Crippen LogP) is 1.65. The van der Waals surface area contributed by atoms with Crippen LogP contribution in [0, 0.1) is 0 Å². The lowest BCUT2D eigenvalue weighted by Gasteiger charge is -2.03. The predicted molar refractivity (Wildman–Crippen MR) is 69.6 cm³/mol. The summed E-state index contributed by atoms with van der Waals surface area (Å²) >= 11 is 0. The molecule has 19 heavy (non-hydrogen) atoms. The van der Waals surface area contributed by atoms with E-state index in [1.807, 2.05) is 24.3 Å². The number of hydrogen-bond acceptors (Lipinski definition) is 4. The summed E-state index contributed by atoms with van der Waals surface area (Å²) < 4.78 is 9.82. The Morgan fingerprint density at radius 3 is 2.89 bits per heavy atom. The molecule has 0 saturated carbocycles. The summed E-state index contributed by atoms with van der Waals surface area (Å²) in [6, 6.07) is 7.73. The van der Waals surface area contributed by atoms with Crippen LogP contribution in [0.5, 0.6) is 0 Å². The van der Waals surface area contributed by atoms with Crippen LogP contribution in [0.1, 0.15) is 12.0 Å². The largest absolute Gasteiger partial charge is 0.469 e. The first-order valence-corrected chi connectivity index (χ1v) is 5.99. The van der Waals surface area contributed by atoms with E-state index in [1.165, 1.54) is 7.11 Å². The first-order valence-electron chi connectivity index (χ1n) is 5.99. The van der Waals surface area contributed by atoms with Crippen molar-refractivity contribution in [2.45, 2.75) is 12.8 Å². The summed E-state index contributed by atoms with van der Waals surface area (Å²) in [6.07, 6.45) is 2.10. The van der Waals surface area contributed by atoms with Crippen molar-refractivity contribution < 1.29 is 18.7 Å². The minimum atomic E-state index is -0.536. The average Bonchev–Trinajstić information content (AvgIpc) is 2.82. The standard InChI is InChI=1S/C14H15NO4/c1-18-14(17)8-13(16)15-7-6-10-9-19-12-5-3-2-4-11(10)12/h2-5,9H,6-8H2,1H3,(H,15,16). The fourth-order valence-corrected chi connectivity index (χ4v) is 1.83. The number of methoxy groups -OCH3 is 1. The molecule has 1 amide bonds. The number of para-hydroxylation sites is 1. The van der Waals surface area contributed by atoms with Gasteiger partial charge < -0.3 is 14.5 Å². The van der Waals surface area contributed by atoms with E-state index in [0.717, 1.165) is 16.5 Å². The average molecular weight is 261 g/mol. The number of benzene rings is 1. The monoisotopic (exact) mass is 261 g/mol. The van der Waals surface area contributed by atoms with Crippen molar-refractivity contribution in [3.8, 4) is 0 Å². The van der Waals surface area contributed by atoms with Gasteiger partial charge in [0.05, 0.1) is 13.4 Å². The highest BCUT2D eigenvalue weighted by molar-refractivity contribution is 5.94. The van der Waals surface area contributed by atoms with Crippen molar-refractivity contribution in [1.82, 2.24) is 5.32 Å². The maximum absolute atomic E-state index is 11.4. The van der Waals surface area contributed by atoms with E-state index < -0.39 is 5.97 Å². The van der Waals surface area contributed by atoms with Crippen LogP contribution in [0.2, 0.25) is 0 Å². The molecule has 2 rings (SSSR count). The molecule has 1 N–H and O–H groups in total. The van der Waals surface area contributed by atoms with Crippen LogP contribution in [0.4, 0.5) is 0 Å². The zero-order chi connectivity index (χ0) is 13.7. The fraction of sp³-hybridized carbons (Fsp3) is 0.286. The number of nitrogens with one attached hydrogen (secondary N) is 1. The Morgan fingerprint density at radius 1 is 1.32 bits per heavy atom. The number of rotatable bonds is 5. The van der Waals surface area contributed by atoms with Gasteiger partial charge in [-0.05, 0) is 18.1 Å². The van der Waals surface area contributed by atoms with Gasteiger partial charge in [-0.3, -0.25) is 9.59 Å². The van der Waals surface area contributed by atoms with Crippen LogP contribution in [0.3, 0.4) is 0 Å². The molecular formula is C14H15NO4. The van der Waals surface area contributed by atoms with Gasteiger partial charge in [0.25, 0.3) is 0 Å². The quantitative estimate of drug-likeness (QED) is 0.656. The minimum Gasteiger partial charge on any atom is -0.469 e. The number of ether oxygens (including phenoxy) is 1. The Morgan fingerprint density at radius 2 is 2.11 bits per heavy atom. The molecular weight excluding hydrogens is 246 g/mol. The lowest BCUT2D eigenvalue weighted by molar-refractivity contribution is -0.143. The molecule has 0 aliphatic rings. The summed E-state index contributed by atoms with van der Waals surface area (Å²) in [7, 11) is 1.26. The number of carbonyl (C=O) groups excluding carboxylic acids is 2. The van der Waals surface area contributed by atoms with Gasteiger partial charge >= 0.3 is 5.97 Å². The zero-order valence-corrected chi connectivity index (χ0v) is 10.6. The molecule has 5 nitrogen and oxygen atoms in total. The molecule has 0 radical (unpaired) electrons. The Balaban J connectivity index is 1.86. The highest BCUT2D eigenvalue weighted by atomic mass is 16.5. The second kappa shape index (κ2) is 6.04. The third kappa shape index (κ3) is 3.34. The topological polar surface area (TPSA) is 68.5 Å². The molecule has 0 bridgehead atoms. The molecule has 1 aromatic heterocycles.